The smallest absolute Gasteiger partial charge is 0.293 e. The van der Waals surface area contributed by atoms with E-state index in [1.54, 1.807) is 0 Å². The van der Waals surface area contributed by atoms with Crippen molar-refractivity contribution in [3.8, 4) is 0 Å². The fourth-order valence-electron chi connectivity index (χ4n) is 1.17. The number of rotatable bonds is 2. The Labute approximate surface area is 111 Å². The molecule has 1 aromatic rings. The second-order valence-electron chi connectivity index (χ2n) is 2.83. The van der Waals surface area contributed by atoms with E-state index in [-0.39, 0.29) is 9.80 Å². The first-order chi connectivity index (χ1) is 7.29. The van der Waals surface area contributed by atoms with E-state index in [0.717, 1.165) is 6.07 Å². The van der Waals surface area contributed by atoms with Crippen molar-refractivity contribution in [3.63, 3.8) is 0 Å². The fourth-order valence-corrected chi connectivity index (χ4v) is 2.26. The largest absolute Gasteiger partial charge is 0.418 e. The maximum absolute atomic E-state index is 12.7. The molecule has 1 nitrogen and oxygen atoms in total. The van der Waals surface area contributed by atoms with Crippen molar-refractivity contribution in [1.29, 1.82) is 0 Å². The molecule has 0 amide bonds. The summed E-state index contributed by atoms with van der Waals surface area (Å²) in [5.41, 5.74) is -1.55. The van der Waals surface area contributed by atoms with Crippen molar-refractivity contribution >= 4 is 49.2 Å². The van der Waals surface area contributed by atoms with Crippen molar-refractivity contribution in [3.05, 3.63) is 32.8 Å². The number of carbonyl (C=O) groups is 1. The predicted octanol–water partition coefficient (Wildman–Crippen LogP) is 4.70. The minimum atomic E-state index is -4.66. The molecule has 16 heavy (non-hydrogen) atoms. The molecule has 0 unspecified atom stereocenters. The van der Waals surface area contributed by atoms with Gasteiger partial charge in [-0.2, -0.15) is 13.2 Å². The average Bonchev–Trinajstić information content (AvgIpc) is 2.18. The van der Waals surface area contributed by atoms with Crippen LogP contribution >= 0.6 is 43.5 Å². The normalized spacial score (nSPS) is 11.6. The fraction of sp³-hybridized carbons (Fsp3) is 0.222. The standard InChI is InChI=1S/C9H4Br2ClF3O/c10-3-6(16)7-4(11)1-2-5(12)8(7)9(13,14)15/h1-2H,3H2. The SMILES string of the molecule is O=C(CBr)c1c(Br)ccc(Cl)c1C(F)(F)F. The van der Waals surface area contributed by atoms with E-state index in [2.05, 4.69) is 31.9 Å². The van der Waals surface area contributed by atoms with Crippen LogP contribution in [0, 0.1) is 0 Å². The van der Waals surface area contributed by atoms with Gasteiger partial charge >= 0.3 is 6.18 Å². The minimum Gasteiger partial charge on any atom is -0.293 e. The monoisotopic (exact) mass is 378 g/mol. The van der Waals surface area contributed by atoms with Crippen molar-refractivity contribution in [2.75, 3.05) is 5.33 Å². The van der Waals surface area contributed by atoms with Crippen molar-refractivity contribution in [1.82, 2.24) is 0 Å². The maximum Gasteiger partial charge on any atom is 0.418 e. The zero-order valence-corrected chi connectivity index (χ0v) is 11.5. The molecule has 0 atom stereocenters. The Morgan fingerprint density at radius 3 is 2.38 bits per heavy atom. The second kappa shape index (κ2) is 5.06. The molecule has 0 saturated heterocycles. The molecule has 0 aromatic heterocycles. The molecule has 1 rings (SSSR count). The number of ketones is 1. The zero-order chi connectivity index (χ0) is 12.5. The van der Waals surface area contributed by atoms with E-state index in [4.69, 9.17) is 11.6 Å². The number of halogens is 6. The molecule has 0 fully saturated rings. The maximum atomic E-state index is 12.7. The molecule has 1 aromatic carbocycles. The lowest BCUT2D eigenvalue weighted by Crippen LogP contribution is -2.15. The molecule has 0 saturated carbocycles. The molecule has 0 N–H and O–H groups in total. The lowest BCUT2D eigenvalue weighted by Gasteiger charge is -2.14. The van der Waals surface area contributed by atoms with Crippen molar-refractivity contribution in [2.45, 2.75) is 6.18 Å². The summed E-state index contributed by atoms with van der Waals surface area (Å²) in [4.78, 5) is 11.4. The van der Waals surface area contributed by atoms with Gasteiger partial charge in [-0.25, -0.2) is 0 Å². The van der Waals surface area contributed by atoms with Gasteiger partial charge in [0.2, 0.25) is 0 Å². The van der Waals surface area contributed by atoms with Crippen molar-refractivity contribution < 1.29 is 18.0 Å². The van der Waals surface area contributed by atoms with Gasteiger partial charge in [0.05, 0.1) is 15.9 Å². The van der Waals surface area contributed by atoms with Gasteiger partial charge in [-0.3, -0.25) is 4.79 Å². The van der Waals surface area contributed by atoms with Gasteiger partial charge in [0, 0.05) is 10.0 Å². The van der Waals surface area contributed by atoms with Gasteiger partial charge in [0.15, 0.2) is 5.78 Å². The highest BCUT2D eigenvalue weighted by Crippen LogP contribution is 2.40. The zero-order valence-electron chi connectivity index (χ0n) is 7.54. The summed E-state index contributed by atoms with van der Waals surface area (Å²) in [5.74, 6) is -0.679. The summed E-state index contributed by atoms with van der Waals surface area (Å²) in [6.45, 7) is 0. The van der Waals surface area contributed by atoms with Gasteiger partial charge < -0.3 is 0 Å². The summed E-state index contributed by atoms with van der Waals surface area (Å²) in [7, 11) is 0. The van der Waals surface area contributed by atoms with Crippen LogP contribution in [-0.4, -0.2) is 11.1 Å². The number of hydrogen-bond acceptors (Lipinski definition) is 1. The molecule has 0 spiro atoms. The second-order valence-corrected chi connectivity index (χ2v) is 4.66. The minimum absolute atomic E-state index is 0.0775. The summed E-state index contributed by atoms with van der Waals surface area (Å²) in [5, 5.41) is -0.685. The first-order valence-corrected chi connectivity index (χ1v) is 6.22. The van der Waals surface area contributed by atoms with Crippen LogP contribution in [0.15, 0.2) is 16.6 Å². The van der Waals surface area contributed by atoms with Crippen LogP contribution in [-0.2, 0) is 6.18 Å². The molecule has 0 aliphatic heterocycles. The number of carbonyl (C=O) groups excluding carboxylic acids is 1. The Bertz CT molecular complexity index is 431. The number of alkyl halides is 4. The summed E-state index contributed by atoms with van der Waals surface area (Å²) >= 11 is 11.2. The number of benzene rings is 1. The van der Waals surface area contributed by atoms with Gasteiger partial charge in [0.25, 0.3) is 0 Å². The van der Waals surface area contributed by atoms with Gasteiger partial charge in [0.1, 0.15) is 0 Å². The van der Waals surface area contributed by atoms with Gasteiger partial charge in [-0.05, 0) is 12.1 Å². The Morgan fingerprint density at radius 1 is 1.38 bits per heavy atom. The topological polar surface area (TPSA) is 17.1 Å². The molecule has 7 heteroatoms. The third-order valence-electron chi connectivity index (χ3n) is 1.79. The third-order valence-corrected chi connectivity index (χ3v) is 3.27. The summed E-state index contributed by atoms with van der Waals surface area (Å²) in [6, 6.07) is 2.41. The quantitative estimate of drug-likeness (QED) is 0.537. The van der Waals surface area contributed by atoms with Crippen molar-refractivity contribution in [2.24, 2.45) is 0 Å². The highest BCUT2D eigenvalue weighted by atomic mass is 79.9. The van der Waals surface area contributed by atoms with Gasteiger partial charge in [-0.1, -0.05) is 43.5 Å². The van der Waals surface area contributed by atoms with E-state index in [1.807, 2.05) is 0 Å². The highest BCUT2D eigenvalue weighted by molar-refractivity contribution is 9.10. The summed E-state index contributed by atoms with van der Waals surface area (Å²) < 4.78 is 38.2. The number of Topliss-reactive ketones (excluding diaryl/α,β-unsaturated/α-hetero) is 1. The van der Waals surface area contributed by atoms with Crippen LogP contribution in [0.4, 0.5) is 13.2 Å². The molecule has 88 valence electrons. The molecule has 0 radical (unpaired) electrons. The Hall–Kier alpha value is -0.0700. The van der Waals surface area contributed by atoms with Crippen LogP contribution in [0.2, 0.25) is 5.02 Å². The van der Waals surface area contributed by atoms with Crippen LogP contribution in [0.25, 0.3) is 0 Å². The molecule has 0 aliphatic rings. The molecular weight excluding hydrogens is 376 g/mol. The predicted molar refractivity (Wildman–Crippen MR) is 62.3 cm³/mol. The van der Waals surface area contributed by atoms with E-state index < -0.39 is 28.1 Å². The van der Waals surface area contributed by atoms with Crippen LogP contribution in [0.3, 0.4) is 0 Å². The molecule has 0 bridgehead atoms. The lowest BCUT2D eigenvalue weighted by atomic mass is 10.0. The van der Waals surface area contributed by atoms with E-state index in [0.29, 0.717) is 0 Å². The Morgan fingerprint density at radius 2 is 1.94 bits per heavy atom. The first kappa shape index (κ1) is 14.0. The average molecular weight is 380 g/mol. The van der Waals surface area contributed by atoms with E-state index in [9.17, 15) is 18.0 Å². The van der Waals surface area contributed by atoms with Gasteiger partial charge in [-0.15, -0.1) is 0 Å². The lowest BCUT2D eigenvalue weighted by molar-refractivity contribution is -0.137. The first-order valence-electron chi connectivity index (χ1n) is 3.93. The van der Waals surface area contributed by atoms with E-state index >= 15 is 0 Å². The van der Waals surface area contributed by atoms with Crippen LogP contribution in [0.1, 0.15) is 15.9 Å². The molecular formula is C9H4Br2ClF3O. The molecule has 0 heterocycles. The molecule has 0 aliphatic carbocycles. The Kier molecular flexibility index (Phi) is 4.42. The highest BCUT2D eigenvalue weighted by Gasteiger charge is 2.38. The van der Waals surface area contributed by atoms with Crippen LogP contribution in [0.5, 0.6) is 0 Å². The van der Waals surface area contributed by atoms with E-state index in [1.165, 1.54) is 6.07 Å². The Balaban J connectivity index is 3.56. The van der Waals surface area contributed by atoms with Crippen LogP contribution < -0.4 is 0 Å². The third kappa shape index (κ3) is 2.78. The number of hydrogen-bond donors (Lipinski definition) is 0. The summed E-state index contributed by atoms with van der Waals surface area (Å²) in [6.07, 6.45) is -4.66.